The van der Waals surface area contributed by atoms with Gasteiger partial charge in [-0.1, -0.05) is 6.07 Å². The van der Waals surface area contributed by atoms with E-state index in [1.807, 2.05) is 18.3 Å². The Bertz CT molecular complexity index is 1210. The number of aryl methyl sites for hydroxylation is 1. The summed E-state index contributed by atoms with van der Waals surface area (Å²) in [6.45, 7) is 0. The monoisotopic (exact) mass is 370 g/mol. The number of aromatic amines is 2. The smallest absolute Gasteiger partial charge is 0.147 e. The molecular weight excluding hydrogens is 351 g/mol. The molecule has 2 aromatic carbocycles. The molecule has 0 unspecified atom stereocenters. The van der Waals surface area contributed by atoms with Gasteiger partial charge in [0, 0.05) is 45.5 Å². The largest absolute Gasteiger partial charge is 0.360 e. The molecule has 0 aliphatic carbocycles. The quantitative estimate of drug-likeness (QED) is 0.546. The molecule has 0 aliphatic heterocycles. The Morgan fingerprint density at radius 3 is 2.69 bits per heavy atom. The molecule has 0 radical (unpaired) electrons. The molecule has 4 aromatic rings. The standard InChI is InChI=1S/C20H19FN2O2S/c1-26(24,25)8-2-3-16-10-14-9-13(4-7-19(14)23-16)18-12-22-20-11-15(21)5-6-17(18)20/h4-7,9-12,22-23H,2-3,8H2,1H3. The van der Waals surface area contributed by atoms with E-state index in [1.54, 1.807) is 6.07 Å². The molecule has 0 amide bonds. The van der Waals surface area contributed by atoms with Crippen molar-refractivity contribution >= 4 is 31.6 Å². The van der Waals surface area contributed by atoms with Crippen LogP contribution in [-0.2, 0) is 16.3 Å². The van der Waals surface area contributed by atoms with Crippen LogP contribution in [0.15, 0.2) is 48.7 Å². The van der Waals surface area contributed by atoms with Crippen molar-refractivity contribution in [2.75, 3.05) is 12.0 Å². The van der Waals surface area contributed by atoms with Crippen LogP contribution in [-0.4, -0.2) is 30.4 Å². The second-order valence-electron chi connectivity index (χ2n) is 6.72. The van der Waals surface area contributed by atoms with Crippen LogP contribution in [0.3, 0.4) is 0 Å². The van der Waals surface area contributed by atoms with Gasteiger partial charge < -0.3 is 9.97 Å². The number of sulfone groups is 1. The molecule has 6 heteroatoms. The summed E-state index contributed by atoms with van der Waals surface area (Å²) in [7, 11) is -2.93. The number of H-pyrrole nitrogens is 2. The Hall–Kier alpha value is -2.60. The van der Waals surface area contributed by atoms with Gasteiger partial charge in [0.1, 0.15) is 15.7 Å². The van der Waals surface area contributed by atoms with Crippen LogP contribution < -0.4 is 0 Å². The molecule has 2 aromatic heterocycles. The van der Waals surface area contributed by atoms with Crippen molar-refractivity contribution in [1.82, 2.24) is 9.97 Å². The average molecular weight is 370 g/mol. The van der Waals surface area contributed by atoms with Crippen LogP contribution >= 0.6 is 0 Å². The van der Waals surface area contributed by atoms with E-state index in [1.165, 1.54) is 18.4 Å². The van der Waals surface area contributed by atoms with Crippen LogP contribution in [0.25, 0.3) is 32.9 Å². The van der Waals surface area contributed by atoms with Crippen molar-refractivity contribution in [3.8, 4) is 11.1 Å². The molecule has 2 N–H and O–H groups in total. The van der Waals surface area contributed by atoms with Crippen LogP contribution in [0.5, 0.6) is 0 Å². The Labute approximate surface area is 151 Å². The molecule has 2 heterocycles. The SMILES string of the molecule is CS(=O)(=O)CCCc1cc2cc(-c3c[nH]c4cc(F)ccc34)ccc2[nH]1. The predicted molar refractivity (Wildman–Crippen MR) is 104 cm³/mol. The summed E-state index contributed by atoms with van der Waals surface area (Å²) in [5.74, 6) is -0.0646. The van der Waals surface area contributed by atoms with Gasteiger partial charge in [0.15, 0.2) is 0 Å². The highest BCUT2D eigenvalue weighted by molar-refractivity contribution is 7.90. The van der Waals surface area contributed by atoms with E-state index in [4.69, 9.17) is 0 Å². The normalized spacial score (nSPS) is 12.2. The minimum absolute atomic E-state index is 0.194. The maximum Gasteiger partial charge on any atom is 0.147 e. The number of aromatic nitrogens is 2. The zero-order valence-corrected chi connectivity index (χ0v) is 15.2. The number of fused-ring (bicyclic) bond motifs is 2. The molecular formula is C20H19FN2O2S. The summed E-state index contributed by atoms with van der Waals surface area (Å²) in [5, 5.41) is 2.06. The Morgan fingerprint density at radius 2 is 1.88 bits per heavy atom. The van der Waals surface area contributed by atoms with Gasteiger partial charge in [-0.2, -0.15) is 0 Å². The summed E-state index contributed by atoms with van der Waals surface area (Å²) in [5.41, 5.74) is 4.91. The fraction of sp³-hybridized carbons (Fsp3) is 0.200. The summed E-state index contributed by atoms with van der Waals surface area (Å²) >= 11 is 0. The van der Waals surface area contributed by atoms with Crippen LogP contribution in [0, 0.1) is 5.82 Å². The number of halogens is 1. The lowest BCUT2D eigenvalue weighted by Gasteiger charge is -2.00. The van der Waals surface area contributed by atoms with E-state index in [9.17, 15) is 12.8 Å². The van der Waals surface area contributed by atoms with Crippen molar-refractivity contribution < 1.29 is 12.8 Å². The minimum atomic E-state index is -2.93. The predicted octanol–water partition coefficient (Wildman–Crippen LogP) is 4.43. The van der Waals surface area contributed by atoms with Gasteiger partial charge >= 0.3 is 0 Å². The highest BCUT2D eigenvalue weighted by Crippen LogP contribution is 2.31. The summed E-state index contributed by atoms with van der Waals surface area (Å²) in [6, 6.07) is 13.0. The zero-order chi connectivity index (χ0) is 18.3. The van der Waals surface area contributed by atoms with Crippen molar-refractivity contribution in [3.05, 3.63) is 60.2 Å². The topological polar surface area (TPSA) is 65.7 Å². The summed E-state index contributed by atoms with van der Waals surface area (Å²) < 4.78 is 35.9. The number of hydrogen-bond acceptors (Lipinski definition) is 2. The molecule has 4 rings (SSSR count). The molecule has 0 bridgehead atoms. The molecule has 0 saturated heterocycles. The first kappa shape index (κ1) is 16.8. The van der Waals surface area contributed by atoms with Crippen LogP contribution in [0.1, 0.15) is 12.1 Å². The Balaban J connectivity index is 1.64. The number of benzene rings is 2. The van der Waals surface area contributed by atoms with Crippen molar-refractivity contribution in [3.63, 3.8) is 0 Å². The Morgan fingerprint density at radius 1 is 1.04 bits per heavy atom. The third kappa shape index (κ3) is 3.37. The lowest BCUT2D eigenvalue weighted by atomic mass is 10.0. The summed E-state index contributed by atoms with van der Waals surface area (Å²) in [6.07, 6.45) is 4.46. The first-order valence-corrected chi connectivity index (χ1v) is 10.5. The molecule has 0 saturated carbocycles. The van der Waals surface area contributed by atoms with Crippen molar-refractivity contribution in [2.45, 2.75) is 12.8 Å². The second-order valence-corrected chi connectivity index (χ2v) is 8.98. The second kappa shape index (κ2) is 6.29. The van der Waals surface area contributed by atoms with E-state index >= 15 is 0 Å². The van der Waals surface area contributed by atoms with Crippen molar-refractivity contribution in [2.24, 2.45) is 0 Å². The first-order chi connectivity index (χ1) is 12.4. The van der Waals surface area contributed by atoms with Gasteiger partial charge in [-0.05, 0) is 54.8 Å². The zero-order valence-electron chi connectivity index (χ0n) is 14.3. The number of rotatable bonds is 5. The van der Waals surface area contributed by atoms with E-state index < -0.39 is 9.84 Å². The van der Waals surface area contributed by atoms with Gasteiger partial charge in [0.05, 0.1) is 5.75 Å². The molecule has 0 spiro atoms. The molecule has 0 atom stereocenters. The fourth-order valence-corrected chi connectivity index (χ4v) is 4.03. The molecule has 0 fully saturated rings. The fourth-order valence-electron chi connectivity index (χ4n) is 3.36. The van der Waals surface area contributed by atoms with E-state index in [-0.39, 0.29) is 11.6 Å². The maximum absolute atomic E-state index is 13.4. The van der Waals surface area contributed by atoms with Gasteiger partial charge in [0.2, 0.25) is 0 Å². The van der Waals surface area contributed by atoms with E-state index in [0.717, 1.165) is 38.6 Å². The van der Waals surface area contributed by atoms with Crippen molar-refractivity contribution in [1.29, 1.82) is 0 Å². The van der Waals surface area contributed by atoms with Gasteiger partial charge in [-0.15, -0.1) is 0 Å². The Kier molecular flexibility index (Phi) is 4.07. The average Bonchev–Trinajstić information content (AvgIpc) is 3.15. The first-order valence-electron chi connectivity index (χ1n) is 8.45. The maximum atomic E-state index is 13.4. The summed E-state index contributed by atoms with van der Waals surface area (Å²) in [4.78, 5) is 6.46. The number of nitrogens with one attached hydrogen (secondary N) is 2. The van der Waals surface area contributed by atoms with Crippen LogP contribution in [0.2, 0.25) is 0 Å². The van der Waals surface area contributed by atoms with E-state index in [2.05, 4.69) is 22.1 Å². The molecule has 26 heavy (non-hydrogen) atoms. The highest BCUT2D eigenvalue weighted by atomic mass is 32.2. The third-order valence-corrected chi connectivity index (χ3v) is 5.62. The minimum Gasteiger partial charge on any atom is -0.360 e. The molecule has 0 aliphatic rings. The van der Waals surface area contributed by atoms with Gasteiger partial charge in [-0.3, -0.25) is 0 Å². The third-order valence-electron chi connectivity index (χ3n) is 4.59. The lowest BCUT2D eigenvalue weighted by Crippen LogP contribution is -2.03. The lowest BCUT2D eigenvalue weighted by molar-refractivity contribution is 0.599. The molecule has 4 nitrogen and oxygen atoms in total. The van der Waals surface area contributed by atoms with E-state index in [0.29, 0.717) is 12.8 Å². The van der Waals surface area contributed by atoms with Crippen LogP contribution in [0.4, 0.5) is 4.39 Å². The van der Waals surface area contributed by atoms with Gasteiger partial charge in [0.25, 0.3) is 0 Å². The highest BCUT2D eigenvalue weighted by Gasteiger charge is 2.09. The molecule has 134 valence electrons. The number of hydrogen-bond donors (Lipinski definition) is 2. The van der Waals surface area contributed by atoms with Gasteiger partial charge in [-0.25, -0.2) is 12.8 Å².